The van der Waals surface area contributed by atoms with Crippen LogP contribution in [0, 0.1) is 15.4 Å². The van der Waals surface area contributed by atoms with Crippen molar-refractivity contribution in [2.45, 2.75) is 26.2 Å². The molecule has 1 aromatic carbocycles. The lowest BCUT2D eigenvalue weighted by atomic mass is 9.84. The number of benzene rings is 1. The molecule has 4 nitrogen and oxygen atoms in total. The lowest BCUT2D eigenvalue weighted by Crippen LogP contribution is -2.42. The van der Waals surface area contributed by atoms with Gasteiger partial charge in [-0.1, -0.05) is 19.1 Å². The van der Waals surface area contributed by atoms with Crippen molar-refractivity contribution in [3.8, 4) is 0 Å². The maximum atomic E-state index is 12.6. The molecule has 2 rings (SSSR count). The summed E-state index contributed by atoms with van der Waals surface area (Å²) in [5, 5.41) is 8.92. The summed E-state index contributed by atoms with van der Waals surface area (Å²) in [6.07, 6.45) is 2.13. The standard InChI is InChI=1S/C16H20INO3/c1-11(9-15(19)20)12-5-4-8-18(10-12)16(21)13-6-2-3-7-14(13)17/h2-3,6-7,11-12H,4-5,8-10H2,1H3,(H,19,20). The molecule has 1 heterocycles. The molecule has 0 saturated carbocycles. The van der Waals surface area contributed by atoms with E-state index in [1.807, 2.05) is 36.1 Å². The predicted molar refractivity (Wildman–Crippen MR) is 89.2 cm³/mol. The first kappa shape index (κ1) is 16.3. The molecule has 1 fully saturated rings. The lowest BCUT2D eigenvalue weighted by Gasteiger charge is -2.35. The van der Waals surface area contributed by atoms with Crippen LogP contribution in [0.2, 0.25) is 0 Å². The normalized spacial score (nSPS) is 20.1. The first-order valence-corrected chi connectivity index (χ1v) is 8.32. The van der Waals surface area contributed by atoms with E-state index in [9.17, 15) is 9.59 Å². The summed E-state index contributed by atoms with van der Waals surface area (Å²) < 4.78 is 0.959. The van der Waals surface area contributed by atoms with Crippen LogP contribution in [0.4, 0.5) is 0 Å². The molecule has 5 heteroatoms. The van der Waals surface area contributed by atoms with Crippen LogP contribution in [-0.2, 0) is 4.79 Å². The molecule has 1 aliphatic heterocycles. The van der Waals surface area contributed by atoms with Crippen LogP contribution in [0.5, 0.6) is 0 Å². The number of carbonyl (C=O) groups is 2. The fraction of sp³-hybridized carbons (Fsp3) is 0.500. The SMILES string of the molecule is CC(CC(=O)O)C1CCCN(C(=O)c2ccccc2I)C1. The first-order chi connectivity index (χ1) is 9.99. The summed E-state index contributed by atoms with van der Waals surface area (Å²) in [5.74, 6) is -0.316. The van der Waals surface area contributed by atoms with E-state index < -0.39 is 5.97 Å². The molecular formula is C16H20INO3. The summed E-state index contributed by atoms with van der Waals surface area (Å²) >= 11 is 2.18. The van der Waals surface area contributed by atoms with Gasteiger partial charge in [-0.2, -0.15) is 0 Å². The average Bonchev–Trinajstić information content (AvgIpc) is 2.46. The second-order valence-corrected chi connectivity index (χ2v) is 6.87. The van der Waals surface area contributed by atoms with Gasteiger partial charge < -0.3 is 10.0 Å². The molecule has 0 spiro atoms. The Morgan fingerprint density at radius 2 is 2.14 bits per heavy atom. The minimum atomic E-state index is -0.761. The monoisotopic (exact) mass is 401 g/mol. The number of rotatable bonds is 4. The number of aliphatic carboxylic acids is 1. The molecule has 2 atom stereocenters. The highest BCUT2D eigenvalue weighted by molar-refractivity contribution is 14.1. The van der Waals surface area contributed by atoms with E-state index in [2.05, 4.69) is 22.6 Å². The number of halogens is 1. The van der Waals surface area contributed by atoms with E-state index in [1.54, 1.807) is 0 Å². The minimum absolute atomic E-state index is 0.0622. The van der Waals surface area contributed by atoms with E-state index in [0.717, 1.165) is 28.5 Å². The van der Waals surface area contributed by atoms with Gasteiger partial charge in [-0.05, 0) is 59.4 Å². The smallest absolute Gasteiger partial charge is 0.303 e. The number of carbonyl (C=O) groups excluding carboxylic acids is 1. The van der Waals surface area contributed by atoms with Crippen LogP contribution in [-0.4, -0.2) is 35.0 Å². The van der Waals surface area contributed by atoms with Crippen molar-refractivity contribution in [2.75, 3.05) is 13.1 Å². The third-order valence-corrected chi connectivity index (χ3v) is 5.09. The van der Waals surface area contributed by atoms with E-state index in [-0.39, 0.29) is 24.2 Å². The van der Waals surface area contributed by atoms with E-state index in [0.29, 0.717) is 6.54 Å². The van der Waals surface area contributed by atoms with Gasteiger partial charge in [0.05, 0.1) is 5.56 Å². The third-order valence-electron chi connectivity index (χ3n) is 4.15. The topological polar surface area (TPSA) is 57.6 Å². The number of hydrogen-bond acceptors (Lipinski definition) is 2. The first-order valence-electron chi connectivity index (χ1n) is 7.24. The van der Waals surface area contributed by atoms with Crippen LogP contribution >= 0.6 is 22.6 Å². The summed E-state index contributed by atoms with van der Waals surface area (Å²) in [5.41, 5.74) is 0.740. The zero-order valence-electron chi connectivity index (χ0n) is 12.1. The summed E-state index contributed by atoms with van der Waals surface area (Å²) in [7, 11) is 0. The number of hydrogen-bond donors (Lipinski definition) is 1. The Morgan fingerprint density at radius 3 is 2.81 bits per heavy atom. The molecular weight excluding hydrogens is 381 g/mol. The molecule has 1 saturated heterocycles. The number of carboxylic acids is 1. The van der Waals surface area contributed by atoms with Crippen LogP contribution < -0.4 is 0 Å². The molecule has 1 amide bonds. The number of likely N-dealkylation sites (tertiary alicyclic amines) is 1. The fourth-order valence-corrected chi connectivity index (χ4v) is 3.52. The zero-order valence-corrected chi connectivity index (χ0v) is 14.2. The molecule has 0 bridgehead atoms. The highest BCUT2D eigenvalue weighted by atomic mass is 127. The van der Waals surface area contributed by atoms with Gasteiger partial charge >= 0.3 is 5.97 Å². The van der Waals surface area contributed by atoms with Crippen molar-refractivity contribution in [3.63, 3.8) is 0 Å². The van der Waals surface area contributed by atoms with E-state index >= 15 is 0 Å². The van der Waals surface area contributed by atoms with E-state index in [4.69, 9.17) is 5.11 Å². The molecule has 1 N–H and O–H groups in total. The van der Waals surface area contributed by atoms with Gasteiger partial charge in [0, 0.05) is 23.1 Å². The highest BCUT2D eigenvalue weighted by Crippen LogP contribution is 2.27. The average molecular weight is 401 g/mol. The molecule has 1 aliphatic rings. The summed E-state index contributed by atoms with van der Waals surface area (Å²) in [6.45, 7) is 3.40. The lowest BCUT2D eigenvalue weighted by molar-refractivity contribution is -0.138. The van der Waals surface area contributed by atoms with Gasteiger partial charge in [-0.25, -0.2) is 0 Å². The highest BCUT2D eigenvalue weighted by Gasteiger charge is 2.29. The van der Waals surface area contributed by atoms with Crippen LogP contribution in [0.1, 0.15) is 36.5 Å². The van der Waals surface area contributed by atoms with Gasteiger partial charge in [0.2, 0.25) is 0 Å². The van der Waals surface area contributed by atoms with Gasteiger partial charge in [-0.15, -0.1) is 0 Å². The van der Waals surface area contributed by atoms with Crippen molar-refractivity contribution >= 4 is 34.5 Å². The molecule has 0 radical (unpaired) electrons. The molecule has 21 heavy (non-hydrogen) atoms. The Morgan fingerprint density at radius 1 is 1.43 bits per heavy atom. The fourth-order valence-electron chi connectivity index (χ4n) is 2.91. The minimum Gasteiger partial charge on any atom is -0.481 e. The number of piperidine rings is 1. The maximum absolute atomic E-state index is 12.6. The number of amides is 1. The largest absolute Gasteiger partial charge is 0.481 e. The third kappa shape index (κ3) is 4.18. The second-order valence-electron chi connectivity index (χ2n) is 5.71. The Kier molecular flexibility index (Phi) is 5.61. The zero-order chi connectivity index (χ0) is 15.4. The van der Waals surface area contributed by atoms with Crippen LogP contribution in [0.15, 0.2) is 24.3 Å². The maximum Gasteiger partial charge on any atom is 0.303 e. The quantitative estimate of drug-likeness (QED) is 0.789. The Bertz CT molecular complexity index is 532. The van der Waals surface area contributed by atoms with Gasteiger partial charge in [-0.3, -0.25) is 9.59 Å². The van der Waals surface area contributed by atoms with E-state index in [1.165, 1.54) is 0 Å². The van der Waals surface area contributed by atoms with Gasteiger partial charge in [0.25, 0.3) is 5.91 Å². The predicted octanol–water partition coefficient (Wildman–Crippen LogP) is 3.25. The van der Waals surface area contributed by atoms with Crippen molar-refractivity contribution in [3.05, 3.63) is 33.4 Å². The summed E-state index contributed by atoms with van der Waals surface area (Å²) in [6, 6.07) is 7.59. The number of carboxylic acid groups (broad SMARTS) is 1. The van der Waals surface area contributed by atoms with Crippen LogP contribution in [0.25, 0.3) is 0 Å². The van der Waals surface area contributed by atoms with Crippen molar-refractivity contribution in [2.24, 2.45) is 11.8 Å². The number of nitrogens with zero attached hydrogens (tertiary/aromatic N) is 1. The second kappa shape index (κ2) is 7.24. The Labute approximate surface area is 138 Å². The van der Waals surface area contributed by atoms with Gasteiger partial charge in [0.1, 0.15) is 0 Å². The molecule has 2 unspecified atom stereocenters. The molecule has 1 aromatic rings. The van der Waals surface area contributed by atoms with Crippen molar-refractivity contribution in [1.82, 2.24) is 4.90 Å². The Hall–Kier alpha value is -1.11. The van der Waals surface area contributed by atoms with Crippen molar-refractivity contribution < 1.29 is 14.7 Å². The molecule has 0 aromatic heterocycles. The molecule has 0 aliphatic carbocycles. The molecule has 114 valence electrons. The summed E-state index contributed by atoms with van der Waals surface area (Å²) in [4.78, 5) is 25.3. The van der Waals surface area contributed by atoms with Gasteiger partial charge in [0.15, 0.2) is 0 Å². The van der Waals surface area contributed by atoms with Crippen LogP contribution in [0.3, 0.4) is 0 Å². The van der Waals surface area contributed by atoms with Crippen molar-refractivity contribution in [1.29, 1.82) is 0 Å². The Balaban J connectivity index is 2.05.